The van der Waals surface area contributed by atoms with Crippen LogP contribution in [0.5, 0.6) is 0 Å². The summed E-state index contributed by atoms with van der Waals surface area (Å²) >= 11 is 0. The molecule has 0 aromatic carbocycles. The molecule has 5 aliphatic heterocycles. The first-order valence-electron chi connectivity index (χ1n) is 30.2. The average molecular weight is 1220 g/mol. The molecule has 85 heavy (non-hydrogen) atoms. The van der Waals surface area contributed by atoms with Gasteiger partial charge in [-0.3, -0.25) is 4.79 Å². The fraction of sp³-hybridized carbons (Fsp3) is 0.948. The zero-order chi connectivity index (χ0) is 62.2. The Labute approximate surface area is 493 Å². The Hall–Kier alpha value is -1.79. The molecule has 0 bridgehead atoms. The van der Waals surface area contributed by atoms with Gasteiger partial charge in [0.2, 0.25) is 6.29 Å². The first-order valence-corrected chi connectivity index (χ1v) is 30.2. The zero-order valence-corrected chi connectivity index (χ0v) is 49.5. The summed E-state index contributed by atoms with van der Waals surface area (Å²) in [5, 5.41) is 177. The molecular formula is C58H94O27. The maximum absolute atomic E-state index is 15.4. The predicted octanol–water partition coefficient (Wildman–Crippen LogP) is -3.96. The molecule has 10 aliphatic rings. The van der Waals surface area contributed by atoms with E-state index in [4.69, 9.17) is 47.4 Å². The van der Waals surface area contributed by atoms with Crippen LogP contribution in [0.4, 0.5) is 0 Å². The largest absolute Gasteiger partial charge is 0.432 e. The van der Waals surface area contributed by atoms with E-state index in [1.807, 2.05) is 6.92 Å². The molecule has 27 nitrogen and oxygen atoms in total. The highest BCUT2D eigenvalue weighted by atomic mass is 16.8. The summed E-state index contributed by atoms with van der Waals surface area (Å²) in [6.45, 7) is 12.5. The molecule has 5 aliphatic carbocycles. The van der Waals surface area contributed by atoms with Crippen molar-refractivity contribution in [2.75, 3.05) is 33.0 Å². The van der Waals surface area contributed by atoms with Gasteiger partial charge in [0.1, 0.15) is 90.4 Å². The fourth-order valence-electron chi connectivity index (χ4n) is 17.5. The number of fused-ring (bicyclic) bond motifs is 7. The van der Waals surface area contributed by atoms with Gasteiger partial charge in [0.25, 0.3) is 0 Å². The monoisotopic (exact) mass is 1220 g/mol. The van der Waals surface area contributed by atoms with Gasteiger partial charge in [0, 0.05) is 5.41 Å². The van der Waals surface area contributed by atoms with Crippen LogP contribution in [0.3, 0.4) is 0 Å². The summed E-state index contributed by atoms with van der Waals surface area (Å²) in [7, 11) is 0. The summed E-state index contributed by atoms with van der Waals surface area (Å²) in [5.74, 6) is -1.83. The van der Waals surface area contributed by atoms with Crippen LogP contribution in [0.15, 0.2) is 11.6 Å². The molecule has 16 N–H and O–H groups in total. The van der Waals surface area contributed by atoms with Gasteiger partial charge in [-0.2, -0.15) is 0 Å². The van der Waals surface area contributed by atoms with Crippen LogP contribution in [0.1, 0.15) is 107 Å². The lowest BCUT2D eigenvalue weighted by Gasteiger charge is -2.72. The molecule has 5 heterocycles. The van der Waals surface area contributed by atoms with Gasteiger partial charge >= 0.3 is 5.97 Å². The van der Waals surface area contributed by atoms with Crippen LogP contribution in [0, 0.1) is 50.2 Å². The molecule has 5 saturated heterocycles. The summed E-state index contributed by atoms with van der Waals surface area (Å²) < 4.78 is 58.6. The lowest BCUT2D eigenvalue weighted by atomic mass is 9.33. The van der Waals surface area contributed by atoms with E-state index < -0.39 is 225 Å². The van der Waals surface area contributed by atoms with E-state index in [0.717, 1.165) is 5.57 Å². The van der Waals surface area contributed by atoms with Gasteiger partial charge in [-0.25, -0.2) is 0 Å². The number of carbonyl (C=O) groups is 1. The molecule has 10 rings (SSSR count). The molecule has 0 aromatic heterocycles. The topological polar surface area (TPSA) is 433 Å². The minimum Gasteiger partial charge on any atom is -0.432 e. The predicted molar refractivity (Wildman–Crippen MR) is 285 cm³/mol. The Bertz CT molecular complexity index is 2400. The summed E-state index contributed by atoms with van der Waals surface area (Å²) in [5.41, 5.74) is -6.14. The summed E-state index contributed by atoms with van der Waals surface area (Å²) in [6.07, 6.45) is -32.0. The molecule has 0 spiro atoms. The van der Waals surface area contributed by atoms with E-state index in [2.05, 4.69) is 40.7 Å². The van der Waals surface area contributed by atoms with E-state index in [0.29, 0.717) is 32.1 Å². The van der Waals surface area contributed by atoms with Crippen molar-refractivity contribution in [2.24, 2.45) is 50.2 Å². The number of aliphatic hydroxyl groups excluding tert-OH is 15. The van der Waals surface area contributed by atoms with E-state index in [9.17, 15) is 81.7 Å². The second-order valence-corrected chi connectivity index (χ2v) is 28.4. The standard InChI is InChI=1S/C58H94O27/c1-23-33(64)36(67)39(70)46(79-23)77-21-57(75)22-78-50(44(57)73)82-42-24(2)80-47(41(72)38(42)69)83-43-34(65)28(62)19-76-49(43)85-51(74)58-14-13-52(3,4)15-26(58)25-9-10-31-53(5)16-27(61)45(84-48-40(71)37(68)35(66)29(18-59)81-48)54(6,20-60)30(53)11-12-55(31,7)56(25,8)17-32(58)63/h9,23-24,26-50,59-73,75H,10-22H2,1-8H3. The highest BCUT2D eigenvalue weighted by Crippen LogP contribution is 2.76. The maximum Gasteiger partial charge on any atom is 0.317 e. The minimum absolute atomic E-state index is 0.126. The van der Waals surface area contributed by atoms with Crippen molar-refractivity contribution in [3.8, 4) is 0 Å². The third kappa shape index (κ3) is 10.7. The Morgan fingerprint density at radius 2 is 1.26 bits per heavy atom. The summed E-state index contributed by atoms with van der Waals surface area (Å²) in [4.78, 5) is 15.4. The molecule has 0 aromatic rings. The maximum atomic E-state index is 15.4. The molecule has 33 atom stereocenters. The van der Waals surface area contributed by atoms with Crippen LogP contribution >= 0.6 is 0 Å². The third-order valence-electron chi connectivity index (χ3n) is 22.9. The van der Waals surface area contributed by atoms with E-state index >= 15 is 4.79 Å². The van der Waals surface area contributed by atoms with Crippen molar-refractivity contribution in [2.45, 2.75) is 260 Å². The quantitative estimate of drug-likeness (QED) is 0.0475. The van der Waals surface area contributed by atoms with Gasteiger partial charge in [-0.05, 0) is 105 Å². The number of ether oxygens (including phenoxy) is 10. The SMILES string of the molecule is CC1OC(OCC2(O)COC(OC3C(C)OC(OC4C(OC(=O)C56CCC(C)(C)CC5C5=CCC7C8(C)CC(O)C(OC9OC(CO)C(O)C(O)C9O)C(C)(CO)C8CCC7(C)C5(C)CC6O)OCC(O)C4O)C(O)C3O)C2O)C(O)C(O)C1O. The van der Waals surface area contributed by atoms with Gasteiger partial charge in [-0.15, -0.1) is 0 Å². The minimum atomic E-state index is -2.18. The zero-order valence-electron chi connectivity index (χ0n) is 49.5. The number of aliphatic hydroxyl groups is 16. The smallest absolute Gasteiger partial charge is 0.317 e. The van der Waals surface area contributed by atoms with Crippen LogP contribution in [-0.4, -0.2) is 274 Å². The summed E-state index contributed by atoms with van der Waals surface area (Å²) in [6, 6.07) is 0. The van der Waals surface area contributed by atoms with Crippen LogP contribution in [0.25, 0.3) is 0 Å². The lowest BCUT2D eigenvalue weighted by molar-refractivity contribution is -0.361. The Kier molecular flexibility index (Phi) is 18.5. The molecule has 0 radical (unpaired) electrons. The third-order valence-corrected chi connectivity index (χ3v) is 22.9. The van der Waals surface area contributed by atoms with Crippen molar-refractivity contribution < 1.29 is 134 Å². The number of hydrogen-bond acceptors (Lipinski definition) is 27. The molecular weight excluding hydrogens is 1130 g/mol. The average Bonchev–Trinajstić information content (AvgIpc) is 0.984. The van der Waals surface area contributed by atoms with Crippen LogP contribution in [0.2, 0.25) is 0 Å². The number of carbonyl (C=O) groups excluding carboxylic acids is 1. The van der Waals surface area contributed by atoms with Crippen molar-refractivity contribution in [1.29, 1.82) is 0 Å². The second kappa shape index (κ2) is 23.7. The van der Waals surface area contributed by atoms with Gasteiger partial charge in [0.05, 0.1) is 63.6 Å². The van der Waals surface area contributed by atoms with E-state index in [1.165, 1.54) is 13.8 Å². The molecule has 0 amide bonds. The van der Waals surface area contributed by atoms with Crippen molar-refractivity contribution in [3.63, 3.8) is 0 Å². The Morgan fingerprint density at radius 3 is 1.94 bits per heavy atom. The normalized spacial score (nSPS) is 56.0. The molecule has 488 valence electrons. The number of hydrogen-bond donors (Lipinski definition) is 16. The van der Waals surface area contributed by atoms with Gasteiger partial charge in [-0.1, -0.05) is 53.2 Å². The second-order valence-electron chi connectivity index (χ2n) is 28.4. The lowest BCUT2D eigenvalue weighted by Crippen LogP contribution is -2.70. The fourth-order valence-corrected chi connectivity index (χ4v) is 17.5. The van der Waals surface area contributed by atoms with Crippen LogP contribution < -0.4 is 0 Å². The number of rotatable bonds is 13. The Balaban J connectivity index is 0.844. The van der Waals surface area contributed by atoms with Crippen molar-refractivity contribution >= 4 is 5.97 Å². The van der Waals surface area contributed by atoms with Crippen molar-refractivity contribution in [3.05, 3.63) is 11.6 Å². The number of esters is 1. The molecule has 9 fully saturated rings. The van der Waals surface area contributed by atoms with E-state index in [1.54, 1.807) is 0 Å². The molecule has 27 heteroatoms. The van der Waals surface area contributed by atoms with Crippen LogP contribution in [-0.2, 0) is 52.2 Å². The first-order chi connectivity index (χ1) is 39.7. The Morgan fingerprint density at radius 1 is 0.624 bits per heavy atom. The van der Waals surface area contributed by atoms with Gasteiger partial charge < -0.3 is 129 Å². The highest BCUT2D eigenvalue weighted by Gasteiger charge is 2.73. The number of allylic oxidation sites excluding steroid dienone is 2. The van der Waals surface area contributed by atoms with Crippen molar-refractivity contribution in [1.82, 2.24) is 0 Å². The van der Waals surface area contributed by atoms with E-state index in [-0.39, 0.29) is 36.5 Å². The highest BCUT2D eigenvalue weighted by molar-refractivity contribution is 5.80. The molecule has 33 unspecified atom stereocenters. The first kappa shape index (κ1) is 66.1. The van der Waals surface area contributed by atoms with Gasteiger partial charge in [0.15, 0.2) is 31.3 Å². The molecule has 4 saturated carbocycles.